The van der Waals surface area contributed by atoms with Crippen molar-refractivity contribution in [2.24, 2.45) is 4.99 Å². The normalized spacial score (nSPS) is 14.7. The van der Waals surface area contributed by atoms with Crippen LogP contribution in [0.15, 0.2) is 52.1 Å². The Bertz CT molecular complexity index is 943. The molecule has 0 atom stereocenters. The number of halogens is 1. The number of pyridine rings is 1. The van der Waals surface area contributed by atoms with Crippen molar-refractivity contribution in [1.29, 1.82) is 0 Å². The number of hydrogen-bond acceptors (Lipinski definition) is 5. The van der Waals surface area contributed by atoms with E-state index in [9.17, 15) is 13.2 Å². The summed E-state index contributed by atoms with van der Waals surface area (Å²) in [5.74, 6) is -0.342. The van der Waals surface area contributed by atoms with Crippen molar-refractivity contribution in [2.45, 2.75) is 0 Å². The smallest absolute Gasteiger partial charge is 0.248 e. The first-order chi connectivity index (χ1) is 11.8. The Hall–Kier alpha value is -2.06. The zero-order valence-electron chi connectivity index (χ0n) is 13.5. The van der Waals surface area contributed by atoms with E-state index in [4.69, 9.17) is 0 Å². The molecule has 0 spiro atoms. The summed E-state index contributed by atoms with van der Waals surface area (Å²) in [6, 6.07) is 11.0. The van der Waals surface area contributed by atoms with E-state index >= 15 is 0 Å². The van der Waals surface area contributed by atoms with Gasteiger partial charge in [0.1, 0.15) is 16.4 Å². The molecule has 1 amide bonds. The van der Waals surface area contributed by atoms with Crippen LogP contribution >= 0.6 is 15.9 Å². The van der Waals surface area contributed by atoms with Gasteiger partial charge in [-0.2, -0.15) is 0 Å². The molecule has 0 fully saturated rings. The standard InChI is InChI=1S/C17H16BrN3O3S/c1-25(23,24)9-8-21-15-6-5-12(18)10-13(15)17(20-11-16(21)22)14-4-2-3-7-19-14/h2-7,10H,8-9,11H2,1H3. The highest BCUT2D eigenvalue weighted by Gasteiger charge is 2.26. The van der Waals surface area contributed by atoms with E-state index in [1.54, 1.807) is 12.3 Å². The van der Waals surface area contributed by atoms with E-state index in [-0.39, 0.29) is 24.7 Å². The number of hydrogen-bond donors (Lipinski definition) is 0. The Labute approximate surface area is 154 Å². The van der Waals surface area contributed by atoms with Gasteiger partial charge in [0.05, 0.1) is 22.8 Å². The third-order valence-corrected chi connectivity index (χ3v) is 5.19. The Morgan fingerprint density at radius 3 is 2.72 bits per heavy atom. The Kier molecular flexibility index (Phi) is 5.01. The average molecular weight is 422 g/mol. The lowest BCUT2D eigenvalue weighted by atomic mass is 10.0. The molecule has 0 N–H and O–H groups in total. The highest BCUT2D eigenvalue weighted by molar-refractivity contribution is 9.10. The fraction of sp³-hybridized carbons (Fsp3) is 0.235. The van der Waals surface area contributed by atoms with Crippen molar-refractivity contribution in [3.05, 3.63) is 58.3 Å². The predicted molar refractivity (Wildman–Crippen MR) is 101 cm³/mol. The molecular formula is C17H16BrN3O3S. The monoisotopic (exact) mass is 421 g/mol. The number of carbonyl (C=O) groups is 1. The van der Waals surface area contributed by atoms with Crippen LogP contribution in [0.1, 0.15) is 11.3 Å². The van der Waals surface area contributed by atoms with E-state index in [1.165, 1.54) is 4.90 Å². The van der Waals surface area contributed by atoms with Crippen LogP contribution in [0.3, 0.4) is 0 Å². The summed E-state index contributed by atoms with van der Waals surface area (Å²) in [5, 5.41) is 0. The van der Waals surface area contributed by atoms with Crippen LogP contribution in [0.5, 0.6) is 0 Å². The van der Waals surface area contributed by atoms with Gasteiger partial charge in [-0.05, 0) is 30.3 Å². The van der Waals surface area contributed by atoms with Gasteiger partial charge in [-0.3, -0.25) is 14.8 Å². The number of benzene rings is 1. The molecule has 8 heteroatoms. The third kappa shape index (κ3) is 4.13. The molecule has 0 aliphatic carbocycles. The fourth-order valence-electron chi connectivity index (χ4n) is 2.61. The van der Waals surface area contributed by atoms with E-state index in [0.717, 1.165) is 16.3 Å². The van der Waals surface area contributed by atoms with Gasteiger partial charge in [-0.15, -0.1) is 0 Å². The fourth-order valence-corrected chi connectivity index (χ4v) is 3.48. The molecule has 1 aliphatic heterocycles. The second-order valence-corrected chi connectivity index (χ2v) is 8.89. The predicted octanol–water partition coefficient (Wildman–Crippen LogP) is 2.07. The number of benzodiazepines with no additional fused rings is 1. The summed E-state index contributed by atoms with van der Waals surface area (Å²) in [6.45, 7) is 0.0410. The maximum Gasteiger partial charge on any atom is 0.248 e. The van der Waals surface area contributed by atoms with Crippen molar-refractivity contribution in [3.63, 3.8) is 0 Å². The molecule has 2 aromatic rings. The van der Waals surface area contributed by atoms with E-state index in [1.807, 2.05) is 30.3 Å². The molecular weight excluding hydrogens is 406 g/mol. The van der Waals surface area contributed by atoms with Gasteiger partial charge >= 0.3 is 0 Å². The summed E-state index contributed by atoms with van der Waals surface area (Å²) in [5.41, 5.74) is 2.66. The molecule has 1 aromatic carbocycles. The maximum atomic E-state index is 12.5. The topological polar surface area (TPSA) is 79.7 Å². The van der Waals surface area contributed by atoms with Gasteiger partial charge in [0.15, 0.2) is 0 Å². The van der Waals surface area contributed by atoms with Gasteiger partial charge in [-0.1, -0.05) is 22.0 Å². The van der Waals surface area contributed by atoms with Gasteiger partial charge in [0.2, 0.25) is 5.91 Å². The molecule has 0 saturated heterocycles. The number of nitrogens with zero attached hydrogens (tertiary/aromatic N) is 3. The van der Waals surface area contributed by atoms with Crippen LogP contribution in [0.25, 0.3) is 0 Å². The van der Waals surface area contributed by atoms with Crippen LogP contribution in [0.2, 0.25) is 0 Å². The largest absolute Gasteiger partial charge is 0.309 e. The number of anilines is 1. The number of aromatic nitrogens is 1. The highest BCUT2D eigenvalue weighted by Crippen LogP contribution is 2.29. The second kappa shape index (κ2) is 7.05. The number of aliphatic imine (C=N–C) groups is 1. The molecule has 1 aromatic heterocycles. The van der Waals surface area contributed by atoms with E-state index in [0.29, 0.717) is 17.1 Å². The number of carbonyl (C=O) groups excluding carboxylic acids is 1. The molecule has 0 bridgehead atoms. The lowest BCUT2D eigenvalue weighted by molar-refractivity contribution is -0.117. The highest BCUT2D eigenvalue weighted by atomic mass is 79.9. The molecule has 6 nitrogen and oxygen atoms in total. The minimum Gasteiger partial charge on any atom is -0.309 e. The summed E-state index contributed by atoms with van der Waals surface area (Å²) in [6.07, 6.45) is 2.83. The minimum absolute atomic E-state index is 0.0536. The Balaban J connectivity index is 2.10. The van der Waals surface area contributed by atoms with Crippen LogP contribution in [0.4, 0.5) is 5.69 Å². The average Bonchev–Trinajstić information content (AvgIpc) is 2.69. The van der Waals surface area contributed by atoms with Gasteiger partial charge in [0, 0.05) is 29.0 Å². The zero-order valence-corrected chi connectivity index (χ0v) is 15.9. The van der Waals surface area contributed by atoms with Crippen LogP contribution < -0.4 is 4.90 Å². The van der Waals surface area contributed by atoms with E-state index < -0.39 is 9.84 Å². The minimum atomic E-state index is -3.19. The van der Waals surface area contributed by atoms with Crippen LogP contribution in [-0.2, 0) is 14.6 Å². The van der Waals surface area contributed by atoms with Crippen molar-refractivity contribution in [1.82, 2.24) is 4.98 Å². The number of sulfone groups is 1. The lowest BCUT2D eigenvalue weighted by Gasteiger charge is -2.23. The first-order valence-corrected chi connectivity index (χ1v) is 10.4. The molecule has 2 heterocycles. The number of fused-ring (bicyclic) bond motifs is 1. The van der Waals surface area contributed by atoms with Gasteiger partial charge in [-0.25, -0.2) is 8.42 Å². The molecule has 0 saturated carbocycles. The number of amides is 1. The van der Waals surface area contributed by atoms with Crippen molar-refractivity contribution in [2.75, 3.05) is 30.0 Å². The van der Waals surface area contributed by atoms with Crippen molar-refractivity contribution >= 4 is 43.1 Å². The maximum absolute atomic E-state index is 12.5. The zero-order chi connectivity index (χ0) is 18.0. The molecule has 0 unspecified atom stereocenters. The third-order valence-electron chi connectivity index (χ3n) is 3.77. The first-order valence-electron chi connectivity index (χ1n) is 7.59. The first kappa shape index (κ1) is 17.8. The molecule has 25 heavy (non-hydrogen) atoms. The summed E-state index contributed by atoms with van der Waals surface area (Å²) in [7, 11) is -3.19. The van der Waals surface area contributed by atoms with Crippen molar-refractivity contribution < 1.29 is 13.2 Å². The SMILES string of the molecule is CS(=O)(=O)CCN1C(=O)CN=C(c2ccccn2)c2cc(Br)ccc21. The van der Waals surface area contributed by atoms with Crippen molar-refractivity contribution in [3.8, 4) is 0 Å². The van der Waals surface area contributed by atoms with Gasteiger partial charge in [0.25, 0.3) is 0 Å². The van der Waals surface area contributed by atoms with Gasteiger partial charge < -0.3 is 4.90 Å². The number of rotatable bonds is 4. The molecule has 3 rings (SSSR count). The quantitative estimate of drug-likeness (QED) is 0.756. The summed E-state index contributed by atoms with van der Waals surface area (Å²) >= 11 is 3.45. The lowest BCUT2D eigenvalue weighted by Crippen LogP contribution is -2.36. The molecule has 130 valence electrons. The van der Waals surface area contributed by atoms with Crippen LogP contribution in [-0.4, -0.2) is 50.1 Å². The van der Waals surface area contributed by atoms with Crippen LogP contribution in [0, 0.1) is 0 Å². The second-order valence-electron chi connectivity index (χ2n) is 5.72. The Morgan fingerprint density at radius 2 is 2.04 bits per heavy atom. The summed E-state index contributed by atoms with van der Waals surface area (Å²) in [4.78, 5) is 22.8. The molecule has 1 aliphatic rings. The summed E-state index contributed by atoms with van der Waals surface area (Å²) < 4.78 is 23.9. The van der Waals surface area contributed by atoms with E-state index in [2.05, 4.69) is 25.9 Å². The molecule has 0 radical (unpaired) electrons. The Morgan fingerprint density at radius 1 is 1.24 bits per heavy atom.